The minimum atomic E-state index is -0.281. The number of rotatable bonds is 5. The molecule has 112 valence electrons. The Bertz CT molecular complexity index is 771. The molecule has 0 aliphatic rings. The van der Waals surface area contributed by atoms with Gasteiger partial charge >= 0.3 is 0 Å². The summed E-state index contributed by atoms with van der Waals surface area (Å²) in [7, 11) is 0. The van der Waals surface area contributed by atoms with Crippen LogP contribution in [0.1, 0.15) is 16.2 Å². The Labute approximate surface area is 135 Å². The summed E-state index contributed by atoms with van der Waals surface area (Å²) in [6.07, 6.45) is 1.56. The highest BCUT2D eigenvalue weighted by atomic mass is 35.5. The summed E-state index contributed by atoms with van der Waals surface area (Å²) in [5, 5.41) is 5.20. The van der Waals surface area contributed by atoms with Crippen LogP contribution in [0.15, 0.2) is 47.4 Å². The SMILES string of the molecule is O=C(Nc1ccccc1OCc1cscn1)c1cc(Cl)c[nH]1. The van der Waals surface area contributed by atoms with E-state index in [0.717, 1.165) is 5.69 Å². The molecule has 2 heterocycles. The molecular weight excluding hydrogens is 322 g/mol. The maximum Gasteiger partial charge on any atom is 0.272 e. The number of hydrogen-bond donors (Lipinski definition) is 2. The standard InChI is InChI=1S/C15H12ClN3O2S/c16-10-5-13(17-6-10)15(20)19-12-3-1-2-4-14(12)21-7-11-8-22-9-18-11/h1-6,8-9,17H,7H2,(H,19,20). The first-order valence-electron chi connectivity index (χ1n) is 6.46. The number of para-hydroxylation sites is 2. The predicted molar refractivity (Wildman–Crippen MR) is 86.6 cm³/mol. The Morgan fingerprint density at radius 2 is 2.27 bits per heavy atom. The fourth-order valence-corrected chi connectivity index (χ4v) is 2.55. The molecule has 0 saturated heterocycles. The number of carbonyl (C=O) groups is 1. The van der Waals surface area contributed by atoms with Crippen LogP contribution < -0.4 is 10.1 Å². The lowest BCUT2D eigenvalue weighted by Crippen LogP contribution is -2.13. The Balaban J connectivity index is 1.72. The summed E-state index contributed by atoms with van der Waals surface area (Å²) in [4.78, 5) is 19.1. The van der Waals surface area contributed by atoms with Crippen molar-refractivity contribution < 1.29 is 9.53 Å². The van der Waals surface area contributed by atoms with Crippen molar-refractivity contribution in [2.24, 2.45) is 0 Å². The van der Waals surface area contributed by atoms with Crippen molar-refractivity contribution in [1.82, 2.24) is 9.97 Å². The van der Waals surface area contributed by atoms with Gasteiger partial charge in [-0.15, -0.1) is 11.3 Å². The summed E-state index contributed by atoms with van der Waals surface area (Å²) < 4.78 is 5.72. The fourth-order valence-electron chi connectivity index (χ4n) is 1.84. The van der Waals surface area contributed by atoms with Gasteiger partial charge in [-0.1, -0.05) is 23.7 Å². The second-order valence-electron chi connectivity index (χ2n) is 4.45. The third-order valence-corrected chi connectivity index (χ3v) is 3.74. The van der Waals surface area contributed by atoms with Gasteiger partial charge in [-0.3, -0.25) is 4.79 Å². The Kier molecular flexibility index (Phi) is 4.41. The van der Waals surface area contributed by atoms with Gasteiger partial charge in [0.25, 0.3) is 5.91 Å². The molecule has 0 unspecified atom stereocenters. The molecule has 3 rings (SSSR count). The molecular formula is C15H12ClN3O2S. The van der Waals surface area contributed by atoms with Crippen LogP contribution in [0.4, 0.5) is 5.69 Å². The summed E-state index contributed by atoms with van der Waals surface area (Å²) in [5.41, 5.74) is 3.58. The van der Waals surface area contributed by atoms with E-state index in [-0.39, 0.29) is 5.91 Å². The van der Waals surface area contributed by atoms with Crippen LogP contribution in [0.25, 0.3) is 0 Å². The third-order valence-electron chi connectivity index (χ3n) is 2.89. The van der Waals surface area contributed by atoms with Crippen LogP contribution in [-0.2, 0) is 6.61 Å². The highest BCUT2D eigenvalue weighted by Gasteiger charge is 2.11. The van der Waals surface area contributed by atoms with E-state index in [0.29, 0.717) is 28.8 Å². The number of amides is 1. The van der Waals surface area contributed by atoms with Crippen LogP contribution in [0.3, 0.4) is 0 Å². The quantitative estimate of drug-likeness (QED) is 0.742. The lowest BCUT2D eigenvalue weighted by Gasteiger charge is -2.11. The van der Waals surface area contributed by atoms with E-state index in [4.69, 9.17) is 16.3 Å². The van der Waals surface area contributed by atoms with Gasteiger partial charge in [0.2, 0.25) is 0 Å². The molecule has 0 atom stereocenters. The molecule has 0 aliphatic carbocycles. The van der Waals surface area contributed by atoms with Gasteiger partial charge in [0.1, 0.15) is 18.1 Å². The van der Waals surface area contributed by atoms with Crippen LogP contribution in [0.2, 0.25) is 5.02 Å². The molecule has 0 bridgehead atoms. The monoisotopic (exact) mass is 333 g/mol. The molecule has 1 aromatic carbocycles. The summed E-state index contributed by atoms with van der Waals surface area (Å²) >= 11 is 7.32. The van der Waals surface area contributed by atoms with Crippen molar-refractivity contribution in [3.05, 3.63) is 63.8 Å². The first-order chi connectivity index (χ1) is 10.7. The number of benzene rings is 1. The number of nitrogens with zero attached hydrogens (tertiary/aromatic N) is 1. The van der Waals surface area contributed by atoms with E-state index in [2.05, 4.69) is 15.3 Å². The van der Waals surface area contributed by atoms with E-state index in [1.54, 1.807) is 29.9 Å². The van der Waals surface area contributed by atoms with Gasteiger partial charge in [-0.2, -0.15) is 0 Å². The number of halogens is 1. The molecule has 2 N–H and O–H groups in total. The minimum absolute atomic E-state index is 0.281. The van der Waals surface area contributed by atoms with Crippen molar-refractivity contribution in [2.45, 2.75) is 6.61 Å². The number of aromatic amines is 1. The predicted octanol–water partition coefficient (Wildman–Crippen LogP) is 3.96. The van der Waals surface area contributed by atoms with Crippen LogP contribution in [-0.4, -0.2) is 15.9 Å². The fraction of sp³-hybridized carbons (Fsp3) is 0.0667. The van der Waals surface area contributed by atoms with E-state index in [9.17, 15) is 4.79 Å². The Morgan fingerprint density at radius 3 is 3.00 bits per heavy atom. The maximum atomic E-state index is 12.1. The van der Waals surface area contributed by atoms with Gasteiger partial charge in [0.05, 0.1) is 21.9 Å². The zero-order valence-corrected chi connectivity index (χ0v) is 12.9. The molecule has 0 aliphatic heterocycles. The van der Waals surface area contributed by atoms with Gasteiger partial charge in [-0.05, 0) is 18.2 Å². The Morgan fingerprint density at radius 1 is 1.41 bits per heavy atom. The molecule has 3 aromatic rings. The molecule has 22 heavy (non-hydrogen) atoms. The number of aromatic nitrogens is 2. The van der Waals surface area contributed by atoms with Crippen LogP contribution in [0, 0.1) is 0 Å². The van der Waals surface area contributed by atoms with Crippen LogP contribution >= 0.6 is 22.9 Å². The molecule has 5 nitrogen and oxygen atoms in total. The van der Waals surface area contributed by atoms with Gasteiger partial charge in [0, 0.05) is 11.6 Å². The summed E-state index contributed by atoms with van der Waals surface area (Å²) in [6, 6.07) is 8.81. The third kappa shape index (κ3) is 3.47. The number of nitrogens with one attached hydrogen (secondary N) is 2. The molecule has 2 aromatic heterocycles. The summed E-state index contributed by atoms with van der Waals surface area (Å²) in [5.74, 6) is 0.304. The normalized spacial score (nSPS) is 10.4. The van der Waals surface area contributed by atoms with Crippen molar-refractivity contribution in [3.8, 4) is 5.75 Å². The number of ether oxygens (including phenoxy) is 1. The van der Waals surface area contributed by atoms with E-state index < -0.39 is 0 Å². The van der Waals surface area contributed by atoms with E-state index in [1.165, 1.54) is 11.3 Å². The second kappa shape index (κ2) is 6.64. The van der Waals surface area contributed by atoms with Gasteiger partial charge in [-0.25, -0.2) is 4.98 Å². The second-order valence-corrected chi connectivity index (χ2v) is 5.61. The summed E-state index contributed by atoms with van der Waals surface area (Å²) in [6.45, 7) is 0.352. The first kappa shape index (κ1) is 14.6. The van der Waals surface area contributed by atoms with Gasteiger partial charge in [0.15, 0.2) is 0 Å². The average Bonchev–Trinajstić information content (AvgIpc) is 3.17. The van der Waals surface area contributed by atoms with Crippen molar-refractivity contribution in [1.29, 1.82) is 0 Å². The molecule has 1 amide bonds. The van der Waals surface area contributed by atoms with Crippen molar-refractivity contribution in [2.75, 3.05) is 5.32 Å². The van der Waals surface area contributed by atoms with E-state index >= 15 is 0 Å². The smallest absolute Gasteiger partial charge is 0.272 e. The number of H-pyrrole nitrogens is 1. The first-order valence-corrected chi connectivity index (χ1v) is 7.78. The molecule has 0 radical (unpaired) electrons. The largest absolute Gasteiger partial charge is 0.485 e. The lowest BCUT2D eigenvalue weighted by atomic mass is 10.2. The maximum absolute atomic E-state index is 12.1. The molecule has 0 fully saturated rings. The van der Waals surface area contributed by atoms with Crippen LogP contribution in [0.5, 0.6) is 5.75 Å². The zero-order valence-electron chi connectivity index (χ0n) is 11.4. The number of anilines is 1. The molecule has 7 heteroatoms. The number of carbonyl (C=O) groups excluding carboxylic acids is 1. The van der Waals surface area contributed by atoms with Crippen molar-refractivity contribution >= 4 is 34.5 Å². The Hall–Kier alpha value is -2.31. The lowest BCUT2D eigenvalue weighted by molar-refractivity contribution is 0.102. The minimum Gasteiger partial charge on any atom is -0.485 e. The van der Waals surface area contributed by atoms with E-state index in [1.807, 2.05) is 17.5 Å². The zero-order chi connectivity index (χ0) is 15.4. The highest BCUT2D eigenvalue weighted by molar-refractivity contribution is 7.07. The topological polar surface area (TPSA) is 67.0 Å². The van der Waals surface area contributed by atoms with Crippen molar-refractivity contribution in [3.63, 3.8) is 0 Å². The highest BCUT2D eigenvalue weighted by Crippen LogP contribution is 2.25. The average molecular weight is 334 g/mol. The number of hydrogen-bond acceptors (Lipinski definition) is 4. The van der Waals surface area contributed by atoms with Gasteiger partial charge < -0.3 is 15.0 Å². The molecule has 0 saturated carbocycles. The number of thiazole rings is 1. The molecule has 0 spiro atoms.